The molecule has 0 bridgehead atoms. The van der Waals surface area contributed by atoms with Crippen LogP contribution in [0.25, 0.3) is 0 Å². The minimum Gasteiger partial charge on any atom is -0.339 e. The van der Waals surface area contributed by atoms with Crippen molar-refractivity contribution in [3.63, 3.8) is 0 Å². The number of hydrogen-bond acceptors (Lipinski definition) is 2. The number of carbonyl (C=O) groups is 1. The Morgan fingerprint density at radius 3 is 2.12 bits per heavy atom. The highest BCUT2D eigenvalue weighted by Crippen LogP contribution is 2.39. The monoisotopic (exact) mass is 136 g/mol. The summed E-state index contributed by atoms with van der Waals surface area (Å²) in [7, 11) is -3.38. The quantitative estimate of drug-likeness (QED) is 0.572. The lowest BCUT2D eigenvalue weighted by atomic mass is 10.9. The van der Waals surface area contributed by atoms with E-state index in [4.69, 9.17) is 4.89 Å². The van der Waals surface area contributed by atoms with Crippen LogP contribution in [0.3, 0.4) is 0 Å². The zero-order chi connectivity index (χ0) is 6.78. The molecule has 0 saturated carbocycles. The van der Waals surface area contributed by atoms with Gasteiger partial charge in [0.15, 0.2) is 0 Å². The fourth-order valence-electron chi connectivity index (χ4n) is 0.223. The highest BCUT2D eigenvalue weighted by molar-refractivity contribution is 7.75. The second-order valence-corrected chi connectivity index (χ2v) is 4.20. The zero-order valence-corrected chi connectivity index (χ0v) is 5.81. The van der Waals surface area contributed by atoms with Crippen molar-refractivity contribution < 1.29 is 14.3 Å². The van der Waals surface area contributed by atoms with Crippen LogP contribution in [0, 0.1) is 0 Å². The van der Waals surface area contributed by atoms with Gasteiger partial charge in [-0.15, -0.1) is 0 Å². The van der Waals surface area contributed by atoms with Gasteiger partial charge in [0, 0.05) is 13.1 Å². The third-order valence-corrected chi connectivity index (χ3v) is 2.76. The lowest BCUT2D eigenvalue weighted by molar-refractivity contribution is -0.110. The molecule has 0 aliphatic heterocycles. The Bertz CT molecular complexity index is 140. The van der Waals surface area contributed by atoms with Crippen molar-refractivity contribution >= 4 is 12.9 Å². The molecule has 0 rings (SSSR count). The van der Waals surface area contributed by atoms with Crippen LogP contribution in [0.5, 0.6) is 0 Å². The van der Waals surface area contributed by atoms with E-state index in [1.54, 1.807) is 0 Å². The van der Waals surface area contributed by atoms with E-state index in [1.807, 2.05) is 0 Å². The Morgan fingerprint density at radius 1 is 1.75 bits per heavy atom. The van der Waals surface area contributed by atoms with Gasteiger partial charge in [-0.1, -0.05) is 6.92 Å². The van der Waals surface area contributed by atoms with E-state index in [9.17, 15) is 9.36 Å². The van der Waals surface area contributed by atoms with Gasteiger partial charge in [-0.05, 0) is 0 Å². The summed E-state index contributed by atoms with van der Waals surface area (Å²) >= 11 is 0. The second-order valence-electron chi connectivity index (χ2n) is 1.54. The van der Waals surface area contributed by atoms with Gasteiger partial charge in [-0.2, -0.15) is 0 Å². The van der Waals surface area contributed by atoms with Crippen LogP contribution < -0.4 is 0 Å². The average Bonchev–Trinajstić information content (AvgIpc) is 1.67. The van der Waals surface area contributed by atoms with Gasteiger partial charge in [-0.3, -0.25) is 9.36 Å². The Morgan fingerprint density at radius 2 is 2.12 bits per heavy atom. The van der Waals surface area contributed by atoms with E-state index in [0.717, 1.165) is 6.92 Å². The smallest absolute Gasteiger partial charge is 0.263 e. The van der Waals surface area contributed by atoms with Crippen molar-refractivity contribution in [2.45, 2.75) is 13.8 Å². The summed E-state index contributed by atoms with van der Waals surface area (Å²) in [5.74, 6) is 0. The molecule has 0 fully saturated rings. The standard InChI is InChI=1S/C4H9O3P/c1-3-8(6,7)4(2)5/h3H2,1-2H3,(H,6,7). The molecule has 0 aliphatic rings. The minimum atomic E-state index is -3.38. The predicted molar refractivity (Wildman–Crippen MR) is 31.0 cm³/mol. The molecule has 0 heterocycles. The van der Waals surface area contributed by atoms with Crippen LogP contribution in [0.1, 0.15) is 13.8 Å². The van der Waals surface area contributed by atoms with Crippen LogP contribution >= 0.6 is 7.37 Å². The first-order chi connectivity index (χ1) is 3.50. The first kappa shape index (κ1) is 7.86. The molecule has 8 heavy (non-hydrogen) atoms. The largest absolute Gasteiger partial charge is 0.339 e. The molecule has 0 radical (unpaired) electrons. The van der Waals surface area contributed by atoms with Gasteiger partial charge in [0.05, 0.1) is 0 Å². The molecular formula is C4H9O3P. The Kier molecular flexibility index (Phi) is 2.38. The molecule has 3 nitrogen and oxygen atoms in total. The van der Waals surface area contributed by atoms with Crippen molar-refractivity contribution in [1.29, 1.82) is 0 Å². The molecule has 1 atom stereocenters. The second kappa shape index (κ2) is 2.42. The molecule has 0 aliphatic carbocycles. The Hall–Kier alpha value is -0.140. The molecular weight excluding hydrogens is 127 g/mol. The summed E-state index contributed by atoms with van der Waals surface area (Å²) in [6.45, 7) is 2.65. The Balaban J connectivity index is 4.15. The van der Waals surface area contributed by atoms with E-state index in [0.29, 0.717) is 0 Å². The maximum Gasteiger partial charge on any atom is 0.263 e. The molecule has 0 spiro atoms. The van der Waals surface area contributed by atoms with E-state index in [1.165, 1.54) is 6.92 Å². The summed E-state index contributed by atoms with van der Waals surface area (Å²) < 4.78 is 10.5. The number of carbonyl (C=O) groups excluding carboxylic acids is 1. The highest BCUT2D eigenvalue weighted by Gasteiger charge is 2.20. The number of hydrogen-bond donors (Lipinski definition) is 1. The highest BCUT2D eigenvalue weighted by atomic mass is 31.2. The van der Waals surface area contributed by atoms with Gasteiger partial charge in [-0.25, -0.2) is 0 Å². The summed E-state index contributed by atoms with van der Waals surface area (Å²) in [4.78, 5) is 18.8. The summed E-state index contributed by atoms with van der Waals surface area (Å²) in [5, 5.41) is 0. The van der Waals surface area contributed by atoms with Gasteiger partial charge >= 0.3 is 0 Å². The molecule has 4 heteroatoms. The SMILES string of the molecule is CCP(=O)(O)C(C)=O. The van der Waals surface area contributed by atoms with Crippen molar-refractivity contribution in [3.05, 3.63) is 0 Å². The van der Waals surface area contributed by atoms with Gasteiger partial charge in [0.25, 0.3) is 7.37 Å². The van der Waals surface area contributed by atoms with Crippen molar-refractivity contribution in [2.75, 3.05) is 6.16 Å². The lowest BCUT2D eigenvalue weighted by Gasteiger charge is -2.00. The maximum atomic E-state index is 10.5. The number of rotatable bonds is 2. The molecule has 0 aromatic heterocycles. The van der Waals surface area contributed by atoms with Crippen LogP contribution in [-0.4, -0.2) is 16.6 Å². The average molecular weight is 136 g/mol. The van der Waals surface area contributed by atoms with E-state index in [2.05, 4.69) is 0 Å². The fraction of sp³-hybridized carbons (Fsp3) is 0.750. The Labute approximate surface area is 48.2 Å². The normalized spacial score (nSPS) is 17.4. The van der Waals surface area contributed by atoms with Crippen LogP contribution in [0.4, 0.5) is 0 Å². The lowest BCUT2D eigenvalue weighted by Crippen LogP contribution is -1.93. The van der Waals surface area contributed by atoms with Gasteiger partial charge in [0.2, 0.25) is 5.52 Å². The van der Waals surface area contributed by atoms with E-state index in [-0.39, 0.29) is 6.16 Å². The summed E-state index contributed by atoms with van der Waals surface area (Å²) in [5.41, 5.74) is -0.611. The zero-order valence-electron chi connectivity index (χ0n) is 4.92. The molecule has 1 unspecified atom stereocenters. The van der Waals surface area contributed by atoms with Crippen molar-refractivity contribution in [3.8, 4) is 0 Å². The molecule has 0 aromatic carbocycles. The molecule has 1 N–H and O–H groups in total. The van der Waals surface area contributed by atoms with Gasteiger partial charge < -0.3 is 4.89 Å². The van der Waals surface area contributed by atoms with Crippen LogP contribution in [0.2, 0.25) is 0 Å². The van der Waals surface area contributed by atoms with Crippen molar-refractivity contribution in [1.82, 2.24) is 0 Å². The van der Waals surface area contributed by atoms with E-state index < -0.39 is 12.9 Å². The van der Waals surface area contributed by atoms with Crippen LogP contribution in [0.15, 0.2) is 0 Å². The molecule has 48 valence electrons. The summed E-state index contributed by atoms with van der Waals surface area (Å²) in [6.07, 6.45) is 0.0440. The third kappa shape index (κ3) is 1.76. The van der Waals surface area contributed by atoms with Crippen LogP contribution in [-0.2, 0) is 9.36 Å². The first-order valence-electron chi connectivity index (χ1n) is 2.33. The molecule has 0 amide bonds. The van der Waals surface area contributed by atoms with E-state index >= 15 is 0 Å². The first-order valence-corrected chi connectivity index (χ1v) is 4.18. The van der Waals surface area contributed by atoms with Crippen molar-refractivity contribution in [2.24, 2.45) is 0 Å². The summed E-state index contributed by atoms with van der Waals surface area (Å²) in [6, 6.07) is 0. The third-order valence-electron chi connectivity index (χ3n) is 0.921. The maximum absolute atomic E-state index is 10.5. The molecule has 0 saturated heterocycles. The predicted octanol–water partition coefficient (Wildman–Crippen LogP) is 0.823. The minimum absolute atomic E-state index is 0.0440. The topological polar surface area (TPSA) is 54.4 Å². The molecule has 0 aromatic rings. The van der Waals surface area contributed by atoms with Gasteiger partial charge in [0.1, 0.15) is 0 Å². The fourth-order valence-corrected chi connectivity index (χ4v) is 0.668.